The number of hydrogen-bond donors (Lipinski definition) is 1. The van der Waals surface area contributed by atoms with Crippen LogP contribution in [-0.4, -0.2) is 9.97 Å². The zero-order valence-electron chi connectivity index (χ0n) is 9.75. The third kappa shape index (κ3) is 3.01. The minimum absolute atomic E-state index is 0.688. The highest BCUT2D eigenvalue weighted by Crippen LogP contribution is 2.13. The molecule has 0 saturated carbocycles. The maximum absolute atomic E-state index is 5.23. The number of aromatic nitrogens is 2. The van der Waals surface area contributed by atoms with Gasteiger partial charge in [0.25, 0.3) is 0 Å². The van der Waals surface area contributed by atoms with Crippen LogP contribution in [0.15, 0.2) is 28.7 Å². The minimum atomic E-state index is 0.688. The monoisotopic (exact) mass is 308 g/mol. The number of H-pyrrole nitrogens is 1. The molecule has 1 aromatic heterocycles. The summed E-state index contributed by atoms with van der Waals surface area (Å²) in [6.45, 7) is 4.02. The van der Waals surface area contributed by atoms with Crippen LogP contribution in [0.3, 0.4) is 0 Å². The van der Waals surface area contributed by atoms with E-state index in [1.807, 2.05) is 26.0 Å². The highest BCUT2D eigenvalue weighted by molar-refractivity contribution is 9.10. The number of aryl methyl sites for hydroxylation is 1. The van der Waals surface area contributed by atoms with Crippen LogP contribution >= 0.6 is 28.1 Å². The molecular formula is C13H13BrN2S. The summed E-state index contributed by atoms with van der Waals surface area (Å²) in [6.07, 6.45) is 0.776. The summed E-state index contributed by atoms with van der Waals surface area (Å²) in [5.41, 5.74) is 3.37. The largest absolute Gasteiger partial charge is 0.347 e. The third-order valence-electron chi connectivity index (χ3n) is 2.74. The fourth-order valence-electron chi connectivity index (χ4n) is 1.58. The van der Waals surface area contributed by atoms with E-state index in [4.69, 9.17) is 12.2 Å². The first-order valence-corrected chi connectivity index (χ1v) is 6.57. The quantitative estimate of drug-likeness (QED) is 0.846. The molecule has 1 N–H and O–H groups in total. The zero-order valence-corrected chi connectivity index (χ0v) is 12.2. The summed E-state index contributed by atoms with van der Waals surface area (Å²) in [5.74, 6) is 0.917. The van der Waals surface area contributed by atoms with E-state index in [2.05, 4.69) is 38.0 Å². The second-order valence-corrected chi connectivity index (χ2v) is 5.34. The van der Waals surface area contributed by atoms with Crippen LogP contribution < -0.4 is 0 Å². The Morgan fingerprint density at radius 2 is 1.88 bits per heavy atom. The van der Waals surface area contributed by atoms with E-state index < -0.39 is 0 Å². The van der Waals surface area contributed by atoms with Gasteiger partial charge < -0.3 is 4.98 Å². The average Bonchev–Trinajstić information content (AvgIpc) is 2.29. The molecule has 0 aliphatic heterocycles. The Morgan fingerprint density at radius 3 is 2.47 bits per heavy atom. The van der Waals surface area contributed by atoms with E-state index in [0.717, 1.165) is 28.0 Å². The summed E-state index contributed by atoms with van der Waals surface area (Å²) >= 11 is 8.65. The lowest BCUT2D eigenvalue weighted by Crippen LogP contribution is -2.01. The van der Waals surface area contributed by atoms with Gasteiger partial charge in [-0.3, -0.25) is 0 Å². The van der Waals surface area contributed by atoms with E-state index in [9.17, 15) is 0 Å². The van der Waals surface area contributed by atoms with E-state index in [1.54, 1.807) is 0 Å². The normalized spacial score (nSPS) is 10.5. The van der Waals surface area contributed by atoms with Gasteiger partial charge in [-0.25, -0.2) is 4.98 Å². The molecule has 0 bridgehead atoms. The van der Waals surface area contributed by atoms with Gasteiger partial charge in [0.2, 0.25) is 0 Å². The molecule has 1 aromatic carbocycles. The average molecular weight is 309 g/mol. The number of aromatic amines is 1. The molecule has 0 saturated heterocycles. The molecule has 0 aliphatic rings. The minimum Gasteiger partial charge on any atom is -0.347 e. The summed E-state index contributed by atoms with van der Waals surface area (Å²) in [4.78, 5) is 7.69. The molecule has 4 heteroatoms. The number of benzene rings is 1. The first-order valence-electron chi connectivity index (χ1n) is 5.37. The van der Waals surface area contributed by atoms with Crippen molar-refractivity contribution >= 4 is 28.1 Å². The first kappa shape index (κ1) is 12.5. The molecule has 1 heterocycles. The molecule has 2 aromatic rings. The maximum Gasteiger partial charge on any atom is 0.132 e. The van der Waals surface area contributed by atoms with Crippen LogP contribution in [-0.2, 0) is 6.42 Å². The first-order chi connectivity index (χ1) is 8.06. The molecule has 88 valence electrons. The van der Waals surface area contributed by atoms with Crippen LogP contribution in [0.25, 0.3) is 0 Å². The van der Waals surface area contributed by atoms with E-state index in [1.165, 1.54) is 5.56 Å². The Balaban J connectivity index is 2.30. The van der Waals surface area contributed by atoms with Crippen molar-refractivity contribution in [1.82, 2.24) is 9.97 Å². The van der Waals surface area contributed by atoms with Gasteiger partial charge in [-0.2, -0.15) is 0 Å². The van der Waals surface area contributed by atoms with Crippen LogP contribution in [0.1, 0.15) is 22.6 Å². The molecule has 0 aliphatic carbocycles. The lowest BCUT2D eigenvalue weighted by molar-refractivity contribution is 0.918. The highest BCUT2D eigenvalue weighted by atomic mass is 79.9. The van der Waals surface area contributed by atoms with Gasteiger partial charge in [-0.15, -0.1) is 0 Å². The van der Waals surface area contributed by atoms with Crippen molar-refractivity contribution < 1.29 is 0 Å². The topological polar surface area (TPSA) is 28.7 Å². The molecule has 17 heavy (non-hydrogen) atoms. The predicted octanol–water partition coefficient (Wildman–Crippen LogP) is 4.11. The van der Waals surface area contributed by atoms with Gasteiger partial charge in [0, 0.05) is 22.2 Å². The van der Waals surface area contributed by atoms with E-state index >= 15 is 0 Å². The van der Waals surface area contributed by atoms with Crippen molar-refractivity contribution in [1.29, 1.82) is 0 Å². The van der Waals surface area contributed by atoms with Crippen LogP contribution in [0.5, 0.6) is 0 Å². The van der Waals surface area contributed by atoms with Gasteiger partial charge >= 0.3 is 0 Å². The number of rotatable bonds is 2. The lowest BCUT2D eigenvalue weighted by Gasteiger charge is -2.06. The van der Waals surface area contributed by atoms with Crippen LogP contribution in [0, 0.1) is 18.5 Å². The fraction of sp³-hybridized carbons (Fsp3) is 0.231. The van der Waals surface area contributed by atoms with Crippen molar-refractivity contribution in [3.8, 4) is 0 Å². The Hall–Kier alpha value is -1.00. The second-order valence-electron chi connectivity index (χ2n) is 4.04. The van der Waals surface area contributed by atoms with Gasteiger partial charge in [0.1, 0.15) is 10.5 Å². The van der Waals surface area contributed by atoms with Gasteiger partial charge in [-0.1, -0.05) is 40.3 Å². The fourth-order valence-corrected chi connectivity index (χ4v) is 2.11. The molecule has 0 fully saturated rings. The second kappa shape index (κ2) is 5.10. The zero-order chi connectivity index (χ0) is 12.4. The highest BCUT2D eigenvalue weighted by Gasteiger charge is 2.02. The SMILES string of the molecule is Cc1[nH]c(Cc2ccc(Br)cc2)nc(=S)c1C. The van der Waals surface area contributed by atoms with Crippen molar-refractivity contribution in [3.63, 3.8) is 0 Å². The Morgan fingerprint density at radius 1 is 1.24 bits per heavy atom. The van der Waals surface area contributed by atoms with Crippen LogP contribution in [0.2, 0.25) is 0 Å². The molecule has 2 rings (SSSR count). The Labute approximate surface area is 114 Å². The number of nitrogens with one attached hydrogen (secondary N) is 1. The number of nitrogens with zero attached hydrogens (tertiary/aromatic N) is 1. The van der Waals surface area contributed by atoms with Crippen molar-refractivity contribution in [2.45, 2.75) is 20.3 Å². The molecule has 0 spiro atoms. The summed E-state index contributed by atoms with van der Waals surface area (Å²) in [6, 6.07) is 8.23. The van der Waals surface area contributed by atoms with Crippen molar-refractivity contribution in [3.05, 3.63) is 56.0 Å². The summed E-state index contributed by atoms with van der Waals surface area (Å²) in [5, 5.41) is 0. The van der Waals surface area contributed by atoms with Gasteiger partial charge in [0.05, 0.1) is 0 Å². The molecule has 0 amide bonds. The number of halogens is 1. The number of hydrogen-bond acceptors (Lipinski definition) is 2. The molecule has 2 nitrogen and oxygen atoms in total. The molecule has 0 radical (unpaired) electrons. The molecule has 0 unspecified atom stereocenters. The smallest absolute Gasteiger partial charge is 0.132 e. The van der Waals surface area contributed by atoms with E-state index in [0.29, 0.717) is 4.64 Å². The Kier molecular flexibility index (Phi) is 3.74. The predicted molar refractivity (Wildman–Crippen MR) is 75.8 cm³/mol. The lowest BCUT2D eigenvalue weighted by atomic mass is 10.1. The van der Waals surface area contributed by atoms with Crippen molar-refractivity contribution in [2.75, 3.05) is 0 Å². The molecular weight excluding hydrogens is 296 g/mol. The van der Waals surface area contributed by atoms with Crippen molar-refractivity contribution in [2.24, 2.45) is 0 Å². The standard InChI is InChI=1S/C13H13BrN2S/c1-8-9(2)15-12(16-13(8)17)7-10-3-5-11(14)6-4-10/h3-6H,7H2,1-2H3,(H,15,16,17). The van der Waals surface area contributed by atoms with Crippen LogP contribution in [0.4, 0.5) is 0 Å². The van der Waals surface area contributed by atoms with Gasteiger partial charge in [-0.05, 0) is 31.5 Å². The van der Waals surface area contributed by atoms with Gasteiger partial charge in [0.15, 0.2) is 0 Å². The van der Waals surface area contributed by atoms with E-state index in [-0.39, 0.29) is 0 Å². The summed E-state index contributed by atoms with van der Waals surface area (Å²) in [7, 11) is 0. The Bertz CT molecular complexity index is 587. The maximum atomic E-state index is 5.23. The summed E-state index contributed by atoms with van der Waals surface area (Å²) < 4.78 is 1.77. The molecule has 0 atom stereocenters. The third-order valence-corrected chi connectivity index (χ3v) is 3.66.